The van der Waals surface area contributed by atoms with Crippen LogP contribution in [0.4, 0.5) is 38.9 Å². The first-order chi connectivity index (χ1) is 18.5. The number of azo groups is 1. The Bertz CT molecular complexity index is 1430. The first-order valence-corrected chi connectivity index (χ1v) is 12.1. The van der Waals surface area contributed by atoms with Crippen molar-refractivity contribution in [2.75, 3.05) is 41.8 Å². The number of nitrogens with one attached hydrogen (secondary N) is 2. The first-order valence-electron chi connectivity index (χ1n) is 12.1. The summed E-state index contributed by atoms with van der Waals surface area (Å²) in [5.74, 6) is 0.0177. The zero-order valence-corrected chi connectivity index (χ0v) is 20.8. The summed E-state index contributed by atoms with van der Waals surface area (Å²) in [5, 5.41) is 24.5. The van der Waals surface area contributed by atoms with E-state index in [0.717, 1.165) is 34.5 Å². The lowest BCUT2D eigenvalue weighted by Crippen LogP contribution is -2.37. The molecular weight excluding hydrogens is 487 g/mol. The number of phenolic OH excluding ortho intramolecular Hbond substituents is 1. The maximum Gasteiger partial charge on any atom is 0.270 e. The average molecular weight is 515 g/mol. The molecule has 4 aromatic rings. The van der Waals surface area contributed by atoms with Crippen LogP contribution in [-0.2, 0) is 11.3 Å². The third-order valence-electron chi connectivity index (χ3n) is 5.74. The van der Waals surface area contributed by atoms with Crippen molar-refractivity contribution >= 4 is 34.5 Å². The van der Waals surface area contributed by atoms with E-state index in [-0.39, 0.29) is 24.1 Å². The summed E-state index contributed by atoms with van der Waals surface area (Å²) >= 11 is 0. The lowest BCUT2D eigenvalue weighted by atomic mass is 10.1. The molecule has 0 spiro atoms. The molecule has 1 aliphatic rings. The smallest absolute Gasteiger partial charge is 0.270 e. The van der Waals surface area contributed by atoms with E-state index in [1.807, 2.05) is 48.2 Å². The third kappa shape index (κ3) is 6.56. The van der Waals surface area contributed by atoms with Gasteiger partial charge in [0.2, 0.25) is 0 Å². The number of hydrogen-bond donors (Lipinski definition) is 3. The Hall–Kier alpha value is -4.64. The molecule has 38 heavy (non-hydrogen) atoms. The minimum atomic E-state index is -0.494. The standard InChI is InChI=1S/C27H27FN8O2/c1-18-11-22(32-19-3-2-4-24(37)14-19)13-23(12-18)33-21-6-5-20(29-15-21)16-31-35-27-30-17-25(28)26(34-27)36-7-9-38-10-8-36/h2-6,11-15,17,32-33,37H,7-10,16H2,1H3. The Morgan fingerprint density at radius 3 is 2.47 bits per heavy atom. The summed E-state index contributed by atoms with van der Waals surface area (Å²) < 4.78 is 19.5. The highest BCUT2D eigenvalue weighted by Crippen LogP contribution is 2.26. The van der Waals surface area contributed by atoms with Gasteiger partial charge >= 0.3 is 0 Å². The molecule has 0 aliphatic carbocycles. The van der Waals surface area contributed by atoms with E-state index in [1.165, 1.54) is 0 Å². The fraction of sp³-hybridized carbons (Fsp3) is 0.222. The number of halogens is 1. The zero-order chi connectivity index (χ0) is 26.3. The van der Waals surface area contributed by atoms with Gasteiger partial charge in [-0.05, 0) is 55.0 Å². The van der Waals surface area contributed by atoms with E-state index >= 15 is 0 Å². The molecule has 0 atom stereocenters. The van der Waals surface area contributed by atoms with E-state index in [2.05, 4.69) is 35.8 Å². The van der Waals surface area contributed by atoms with Crippen molar-refractivity contribution in [1.29, 1.82) is 0 Å². The van der Waals surface area contributed by atoms with Crippen LogP contribution in [0.5, 0.6) is 5.75 Å². The molecule has 1 aliphatic heterocycles. The van der Waals surface area contributed by atoms with Crippen LogP contribution in [0.1, 0.15) is 11.3 Å². The van der Waals surface area contributed by atoms with Crippen molar-refractivity contribution in [2.24, 2.45) is 10.2 Å². The van der Waals surface area contributed by atoms with Gasteiger partial charge in [-0.1, -0.05) is 6.07 Å². The number of aromatic hydroxyl groups is 1. The maximum absolute atomic E-state index is 14.2. The molecule has 0 unspecified atom stereocenters. The number of aryl methyl sites for hydroxylation is 1. The molecule has 194 valence electrons. The van der Waals surface area contributed by atoms with Crippen molar-refractivity contribution < 1.29 is 14.2 Å². The van der Waals surface area contributed by atoms with Gasteiger partial charge in [0, 0.05) is 36.2 Å². The number of benzene rings is 2. The van der Waals surface area contributed by atoms with E-state index in [1.54, 1.807) is 24.4 Å². The maximum atomic E-state index is 14.2. The van der Waals surface area contributed by atoms with Gasteiger partial charge in [-0.25, -0.2) is 9.37 Å². The van der Waals surface area contributed by atoms with Crippen LogP contribution < -0.4 is 15.5 Å². The molecule has 0 radical (unpaired) electrons. The second-order valence-electron chi connectivity index (χ2n) is 8.77. The summed E-state index contributed by atoms with van der Waals surface area (Å²) in [6.45, 7) is 4.42. The molecule has 0 bridgehead atoms. The van der Waals surface area contributed by atoms with Crippen molar-refractivity contribution in [3.05, 3.63) is 84.1 Å². The SMILES string of the molecule is Cc1cc(Nc2ccc(CN=Nc3ncc(F)c(N4CCOCC4)n3)nc2)cc(Nc2cccc(O)c2)c1. The van der Waals surface area contributed by atoms with Crippen LogP contribution in [0.25, 0.3) is 0 Å². The molecule has 0 amide bonds. The number of aromatic nitrogens is 3. The number of hydrogen-bond acceptors (Lipinski definition) is 10. The summed E-state index contributed by atoms with van der Waals surface area (Å²) in [6, 6.07) is 16.8. The topological polar surface area (TPSA) is 120 Å². The largest absolute Gasteiger partial charge is 0.508 e. The van der Waals surface area contributed by atoms with Crippen LogP contribution >= 0.6 is 0 Å². The van der Waals surface area contributed by atoms with Gasteiger partial charge in [-0.3, -0.25) is 4.98 Å². The van der Waals surface area contributed by atoms with E-state index in [4.69, 9.17) is 4.74 Å². The molecule has 3 heterocycles. The van der Waals surface area contributed by atoms with Crippen molar-refractivity contribution in [2.45, 2.75) is 13.5 Å². The highest BCUT2D eigenvalue weighted by molar-refractivity contribution is 5.69. The Balaban J connectivity index is 1.20. The number of rotatable bonds is 8. The third-order valence-corrected chi connectivity index (χ3v) is 5.74. The lowest BCUT2D eigenvalue weighted by Gasteiger charge is -2.27. The fourth-order valence-corrected chi connectivity index (χ4v) is 4.00. The highest BCUT2D eigenvalue weighted by Gasteiger charge is 2.17. The van der Waals surface area contributed by atoms with Gasteiger partial charge in [-0.15, -0.1) is 5.11 Å². The summed E-state index contributed by atoms with van der Waals surface area (Å²) in [5.41, 5.74) is 5.18. The minimum Gasteiger partial charge on any atom is -0.508 e. The van der Waals surface area contributed by atoms with Crippen LogP contribution in [-0.4, -0.2) is 46.4 Å². The number of phenols is 1. The molecule has 2 aromatic carbocycles. The summed E-state index contributed by atoms with van der Waals surface area (Å²) in [7, 11) is 0. The molecule has 10 nitrogen and oxygen atoms in total. The monoisotopic (exact) mass is 514 g/mol. The second-order valence-corrected chi connectivity index (χ2v) is 8.77. The first kappa shape index (κ1) is 25.0. The van der Waals surface area contributed by atoms with Crippen molar-refractivity contribution in [3.63, 3.8) is 0 Å². The van der Waals surface area contributed by atoms with Crippen molar-refractivity contribution in [3.8, 4) is 5.75 Å². The van der Waals surface area contributed by atoms with Crippen molar-refractivity contribution in [1.82, 2.24) is 15.0 Å². The highest BCUT2D eigenvalue weighted by atomic mass is 19.1. The Morgan fingerprint density at radius 2 is 1.74 bits per heavy atom. The molecule has 3 N–H and O–H groups in total. The van der Waals surface area contributed by atoms with E-state index in [9.17, 15) is 9.50 Å². The average Bonchev–Trinajstić information content (AvgIpc) is 2.91. The van der Waals surface area contributed by atoms with Crippen LogP contribution in [0.15, 0.2) is 77.2 Å². The van der Waals surface area contributed by atoms with Crippen LogP contribution in [0, 0.1) is 12.7 Å². The normalized spacial score (nSPS) is 13.6. The number of anilines is 5. The molecule has 5 rings (SSSR count). The minimum absolute atomic E-state index is 0.0979. The van der Waals surface area contributed by atoms with Gasteiger partial charge < -0.3 is 25.4 Å². The Morgan fingerprint density at radius 1 is 0.947 bits per heavy atom. The number of nitrogens with zero attached hydrogens (tertiary/aromatic N) is 6. The predicted molar refractivity (Wildman–Crippen MR) is 143 cm³/mol. The fourth-order valence-electron chi connectivity index (χ4n) is 4.00. The lowest BCUT2D eigenvalue weighted by molar-refractivity contribution is 0.122. The van der Waals surface area contributed by atoms with E-state index < -0.39 is 5.82 Å². The number of pyridine rings is 1. The second kappa shape index (κ2) is 11.6. The Labute approximate surface area is 219 Å². The zero-order valence-electron chi connectivity index (χ0n) is 20.8. The van der Waals surface area contributed by atoms with Crippen LogP contribution in [0.2, 0.25) is 0 Å². The van der Waals surface area contributed by atoms with Gasteiger partial charge in [-0.2, -0.15) is 10.1 Å². The number of ether oxygens (including phenoxy) is 1. The van der Waals surface area contributed by atoms with Gasteiger partial charge in [0.15, 0.2) is 11.6 Å². The molecule has 1 saturated heterocycles. The summed E-state index contributed by atoms with van der Waals surface area (Å²) in [4.78, 5) is 14.4. The summed E-state index contributed by atoms with van der Waals surface area (Å²) in [6.07, 6.45) is 2.83. The molecule has 2 aromatic heterocycles. The quantitative estimate of drug-likeness (QED) is 0.259. The molecule has 11 heteroatoms. The van der Waals surface area contributed by atoms with Gasteiger partial charge in [0.05, 0.1) is 37.0 Å². The predicted octanol–water partition coefficient (Wildman–Crippen LogP) is 5.63. The Kier molecular flexibility index (Phi) is 7.65. The molecule has 0 saturated carbocycles. The van der Waals surface area contributed by atoms with E-state index in [0.29, 0.717) is 32.0 Å². The van der Waals surface area contributed by atoms with Gasteiger partial charge in [0.1, 0.15) is 12.3 Å². The van der Waals surface area contributed by atoms with Crippen LogP contribution in [0.3, 0.4) is 0 Å². The molecule has 1 fully saturated rings. The molecular formula is C27H27FN8O2. The van der Waals surface area contributed by atoms with Gasteiger partial charge in [0.25, 0.3) is 5.95 Å². The number of morpholine rings is 1.